The van der Waals surface area contributed by atoms with Gasteiger partial charge in [-0.15, -0.1) is 0 Å². The number of hydrogen-bond donors (Lipinski definition) is 3. The summed E-state index contributed by atoms with van der Waals surface area (Å²) < 4.78 is 40.7. The lowest BCUT2D eigenvalue weighted by molar-refractivity contribution is -0.232. The third kappa shape index (κ3) is 3.70. The summed E-state index contributed by atoms with van der Waals surface area (Å²) in [6.45, 7) is 1.31. The summed E-state index contributed by atoms with van der Waals surface area (Å²) in [6, 6.07) is -1.34. The Hall–Kier alpha value is -0.570. The van der Waals surface area contributed by atoms with Gasteiger partial charge in [0.2, 0.25) is 5.25 Å². The number of amides is 1. The third-order valence-electron chi connectivity index (χ3n) is 2.31. The van der Waals surface area contributed by atoms with Gasteiger partial charge in [0.15, 0.2) is 0 Å². The summed E-state index contributed by atoms with van der Waals surface area (Å²) >= 11 is 5.41. The Morgan fingerprint density at radius 3 is 2.59 bits per heavy atom. The highest BCUT2D eigenvalue weighted by Crippen LogP contribution is 2.31. The fourth-order valence-electron chi connectivity index (χ4n) is 1.51. The van der Waals surface area contributed by atoms with Crippen molar-refractivity contribution < 1.29 is 32.9 Å². The average molecular weight is 278 g/mol. The van der Waals surface area contributed by atoms with E-state index in [4.69, 9.17) is 16.3 Å². The Kier molecular flexibility index (Phi) is 3.92. The van der Waals surface area contributed by atoms with Crippen LogP contribution in [-0.4, -0.2) is 45.8 Å². The van der Waals surface area contributed by atoms with Crippen LogP contribution in [0.15, 0.2) is 0 Å². The Morgan fingerprint density at radius 1 is 1.59 bits per heavy atom. The molecule has 0 radical (unpaired) electrons. The van der Waals surface area contributed by atoms with Crippen molar-refractivity contribution in [2.24, 2.45) is 0 Å². The highest BCUT2D eigenvalue weighted by Gasteiger charge is 2.47. The number of halogens is 4. The molecule has 3 N–H and O–H groups in total. The van der Waals surface area contributed by atoms with Crippen molar-refractivity contribution in [3.63, 3.8) is 0 Å². The van der Waals surface area contributed by atoms with Crippen LogP contribution in [0, 0.1) is 0 Å². The highest BCUT2D eigenvalue weighted by molar-refractivity contribution is 6.21. The van der Waals surface area contributed by atoms with Crippen LogP contribution in [0.1, 0.15) is 13.3 Å². The molecule has 9 heteroatoms. The number of carbonyl (C=O) groups excluding carboxylic acids is 1. The van der Waals surface area contributed by atoms with Crippen LogP contribution in [0.25, 0.3) is 0 Å². The van der Waals surface area contributed by atoms with E-state index in [1.54, 1.807) is 5.32 Å². The molecule has 1 aliphatic heterocycles. The summed E-state index contributed by atoms with van der Waals surface area (Å²) in [6.07, 6.45) is -8.02. The molecule has 1 aliphatic rings. The van der Waals surface area contributed by atoms with E-state index in [2.05, 4.69) is 0 Å². The average Bonchev–Trinajstić information content (AvgIpc) is 2.10. The zero-order valence-electron chi connectivity index (χ0n) is 8.66. The molecule has 100 valence electrons. The molecular formula is C8H11ClF3NO4. The van der Waals surface area contributed by atoms with Crippen LogP contribution < -0.4 is 5.32 Å². The molecule has 0 aromatic carbocycles. The number of ether oxygens (including phenoxy) is 1. The third-order valence-corrected chi connectivity index (χ3v) is 2.55. The van der Waals surface area contributed by atoms with Crippen molar-refractivity contribution in [1.82, 2.24) is 5.32 Å². The van der Waals surface area contributed by atoms with Crippen molar-refractivity contribution in [3.8, 4) is 0 Å². The maximum absolute atomic E-state index is 12.0. The van der Waals surface area contributed by atoms with Crippen molar-refractivity contribution in [2.45, 2.75) is 43.0 Å². The number of carbonyl (C=O) groups is 1. The predicted octanol–water partition coefficient (Wildman–Crippen LogP) is 0.0881. The van der Waals surface area contributed by atoms with Crippen LogP contribution in [-0.2, 0) is 9.53 Å². The fourth-order valence-corrected chi connectivity index (χ4v) is 1.82. The quantitative estimate of drug-likeness (QED) is 0.594. The molecule has 1 saturated heterocycles. The number of aliphatic hydroxyl groups excluding tert-OH is 1. The Labute approximate surface area is 99.5 Å². The SMILES string of the molecule is C[C@@H]1OC(O)(Cl)C[C@H](NC(=O)C(F)(F)F)[C@@H]1O. The van der Waals surface area contributed by atoms with Gasteiger partial charge >= 0.3 is 12.1 Å². The molecule has 5 nitrogen and oxygen atoms in total. The van der Waals surface area contributed by atoms with Crippen molar-refractivity contribution in [1.29, 1.82) is 0 Å². The van der Waals surface area contributed by atoms with Crippen LogP contribution in [0.5, 0.6) is 0 Å². The number of nitrogens with one attached hydrogen (secondary N) is 1. The fraction of sp³-hybridized carbons (Fsp3) is 0.875. The number of alkyl halides is 4. The second-order valence-electron chi connectivity index (χ2n) is 3.78. The van der Waals surface area contributed by atoms with Gasteiger partial charge < -0.3 is 20.3 Å². The van der Waals surface area contributed by atoms with E-state index in [1.807, 2.05) is 0 Å². The summed E-state index contributed by atoms with van der Waals surface area (Å²) in [5.74, 6) is -2.21. The van der Waals surface area contributed by atoms with Crippen molar-refractivity contribution in [3.05, 3.63) is 0 Å². The first kappa shape index (κ1) is 14.5. The molecule has 0 aliphatic carbocycles. The maximum atomic E-state index is 12.0. The first-order valence-electron chi connectivity index (χ1n) is 4.68. The topological polar surface area (TPSA) is 78.8 Å². The zero-order chi connectivity index (χ0) is 13.4. The molecule has 4 atom stereocenters. The monoisotopic (exact) mass is 277 g/mol. The molecule has 0 saturated carbocycles. The van der Waals surface area contributed by atoms with Crippen LogP contribution in [0.3, 0.4) is 0 Å². The van der Waals surface area contributed by atoms with Gasteiger partial charge in [0, 0.05) is 6.42 Å². The smallest absolute Gasteiger partial charge is 0.388 e. The van der Waals surface area contributed by atoms with E-state index in [9.17, 15) is 28.2 Å². The minimum Gasteiger partial charge on any atom is -0.388 e. The lowest BCUT2D eigenvalue weighted by Crippen LogP contribution is -2.59. The first-order valence-corrected chi connectivity index (χ1v) is 5.05. The molecule has 17 heavy (non-hydrogen) atoms. The van der Waals surface area contributed by atoms with E-state index in [-0.39, 0.29) is 0 Å². The van der Waals surface area contributed by atoms with E-state index >= 15 is 0 Å². The molecule has 0 bridgehead atoms. The molecule has 1 fully saturated rings. The number of hydrogen-bond acceptors (Lipinski definition) is 4. The van der Waals surface area contributed by atoms with E-state index in [1.165, 1.54) is 6.92 Å². The van der Waals surface area contributed by atoms with Gasteiger partial charge in [-0.2, -0.15) is 13.2 Å². The maximum Gasteiger partial charge on any atom is 0.471 e. The summed E-state index contributed by atoms with van der Waals surface area (Å²) in [5, 5.41) is 18.2. The second-order valence-corrected chi connectivity index (χ2v) is 4.38. The zero-order valence-corrected chi connectivity index (χ0v) is 9.42. The summed E-state index contributed by atoms with van der Waals surface area (Å²) in [7, 11) is 0. The highest BCUT2D eigenvalue weighted by atomic mass is 35.5. The lowest BCUT2D eigenvalue weighted by Gasteiger charge is -2.40. The second kappa shape index (κ2) is 4.60. The lowest BCUT2D eigenvalue weighted by atomic mass is 9.99. The summed E-state index contributed by atoms with van der Waals surface area (Å²) in [5.41, 5.74) is 0. The number of aliphatic hydroxyl groups is 2. The normalized spacial score (nSPS) is 38.9. The van der Waals surface area contributed by atoms with Crippen molar-refractivity contribution >= 4 is 17.5 Å². The van der Waals surface area contributed by atoms with Gasteiger partial charge in [0.25, 0.3) is 0 Å². The standard InChI is InChI=1S/C8H11ClF3NO4/c1-3-5(14)4(2-7(9,16)17-3)13-6(15)8(10,11)12/h3-5,14,16H,2H2,1H3,(H,13,15)/t3-,4-,5+,7?/m0/s1. The molecule has 0 aromatic heterocycles. The van der Waals surface area contributed by atoms with Gasteiger partial charge in [0.05, 0.1) is 12.1 Å². The van der Waals surface area contributed by atoms with Crippen molar-refractivity contribution in [2.75, 3.05) is 0 Å². The van der Waals surface area contributed by atoms with E-state index < -0.39 is 42.0 Å². The van der Waals surface area contributed by atoms with Gasteiger partial charge in [-0.25, -0.2) is 0 Å². The van der Waals surface area contributed by atoms with Crippen LogP contribution in [0.4, 0.5) is 13.2 Å². The largest absolute Gasteiger partial charge is 0.471 e. The predicted molar refractivity (Wildman–Crippen MR) is 50.0 cm³/mol. The van der Waals surface area contributed by atoms with Gasteiger partial charge in [-0.05, 0) is 6.92 Å². The Balaban J connectivity index is 2.72. The van der Waals surface area contributed by atoms with Crippen LogP contribution >= 0.6 is 11.6 Å². The van der Waals surface area contributed by atoms with Crippen LogP contribution in [0.2, 0.25) is 0 Å². The molecule has 1 amide bonds. The number of rotatable bonds is 1. The van der Waals surface area contributed by atoms with E-state index in [0.717, 1.165) is 0 Å². The minimum absolute atomic E-state index is 0.554. The summed E-state index contributed by atoms with van der Waals surface area (Å²) in [4.78, 5) is 10.7. The molecule has 0 aromatic rings. The molecule has 1 heterocycles. The Morgan fingerprint density at radius 2 is 2.12 bits per heavy atom. The molecule has 1 unspecified atom stereocenters. The van der Waals surface area contributed by atoms with Gasteiger partial charge in [-0.1, -0.05) is 11.6 Å². The first-order chi connectivity index (χ1) is 7.53. The van der Waals surface area contributed by atoms with Gasteiger partial charge in [0.1, 0.15) is 6.10 Å². The Bertz CT molecular complexity index is 310. The van der Waals surface area contributed by atoms with Gasteiger partial charge in [-0.3, -0.25) is 4.79 Å². The molecule has 1 rings (SSSR count). The molecular weight excluding hydrogens is 267 g/mol. The van der Waals surface area contributed by atoms with E-state index in [0.29, 0.717) is 0 Å². The minimum atomic E-state index is -5.06. The molecule has 0 spiro atoms.